The molecular formula is C19H26O4. The van der Waals surface area contributed by atoms with Crippen molar-refractivity contribution in [2.24, 2.45) is 0 Å². The molecule has 0 amide bonds. The van der Waals surface area contributed by atoms with E-state index >= 15 is 0 Å². The van der Waals surface area contributed by atoms with Crippen molar-refractivity contribution in [1.82, 2.24) is 0 Å². The molecule has 126 valence electrons. The van der Waals surface area contributed by atoms with Crippen LogP contribution in [0.2, 0.25) is 0 Å². The van der Waals surface area contributed by atoms with Gasteiger partial charge in [0.25, 0.3) is 0 Å². The van der Waals surface area contributed by atoms with E-state index in [1.165, 1.54) is 12.5 Å². The molecular weight excluding hydrogens is 292 g/mol. The Kier molecular flexibility index (Phi) is 14.1. The van der Waals surface area contributed by atoms with Crippen molar-refractivity contribution in [1.29, 1.82) is 0 Å². The van der Waals surface area contributed by atoms with E-state index in [4.69, 9.17) is 10.2 Å². The molecule has 0 spiro atoms. The quantitative estimate of drug-likeness (QED) is 0.739. The fourth-order valence-corrected chi connectivity index (χ4v) is 1.09. The van der Waals surface area contributed by atoms with Crippen LogP contribution in [0.3, 0.4) is 0 Å². The van der Waals surface area contributed by atoms with E-state index in [0.29, 0.717) is 12.0 Å². The molecule has 4 heteroatoms. The highest BCUT2D eigenvalue weighted by Crippen LogP contribution is 2.03. The maximum atomic E-state index is 10.1. The molecule has 0 radical (unpaired) electrons. The first kappa shape index (κ1) is 22.7. The molecule has 0 aromatic heterocycles. The molecule has 23 heavy (non-hydrogen) atoms. The number of hydrogen-bond donors (Lipinski definition) is 2. The fourth-order valence-electron chi connectivity index (χ4n) is 1.09. The molecule has 0 heterocycles. The second-order valence-electron chi connectivity index (χ2n) is 4.71. The first-order valence-electron chi connectivity index (χ1n) is 7.23. The van der Waals surface area contributed by atoms with Gasteiger partial charge in [-0.3, -0.25) is 0 Å². The maximum Gasteiger partial charge on any atom is 0.330 e. The average Bonchev–Trinajstić information content (AvgIpc) is 2.54. The van der Waals surface area contributed by atoms with Crippen LogP contribution in [0.15, 0.2) is 61.2 Å². The topological polar surface area (TPSA) is 74.6 Å². The molecule has 0 aliphatic carbocycles. The highest BCUT2D eigenvalue weighted by molar-refractivity contribution is 5.85. The smallest absolute Gasteiger partial charge is 0.330 e. The fraction of sp³-hybridized carbons (Fsp3) is 0.263. The van der Waals surface area contributed by atoms with Gasteiger partial charge < -0.3 is 10.2 Å². The number of rotatable bonds is 6. The van der Waals surface area contributed by atoms with Gasteiger partial charge in [0.2, 0.25) is 0 Å². The van der Waals surface area contributed by atoms with Crippen molar-refractivity contribution in [2.75, 3.05) is 0 Å². The van der Waals surface area contributed by atoms with Crippen molar-refractivity contribution in [2.45, 2.75) is 33.1 Å². The van der Waals surface area contributed by atoms with Crippen LogP contribution in [-0.2, 0) is 9.59 Å². The number of unbranched alkanes of at least 4 members (excludes halogenated alkanes) is 1. The third-order valence-electron chi connectivity index (χ3n) is 2.53. The van der Waals surface area contributed by atoms with E-state index in [0.717, 1.165) is 12.8 Å². The molecule has 0 bridgehead atoms. The molecule has 0 atom stereocenters. The number of benzene rings is 1. The summed E-state index contributed by atoms with van der Waals surface area (Å²) >= 11 is 0. The zero-order chi connectivity index (χ0) is 18.3. The van der Waals surface area contributed by atoms with Gasteiger partial charge in [0.1, 0.15) is 0 Å². The predicted molar refractivity (Wildman–Crippen MR) is 95.3 cm³/mol. The van der Waals surface area contributed by atoms with E-state index in [2.05, 4.69) is 19.7 Å². The van der Waals surface area contributed by atoms with E-state index < -0.39 is 11.9 Å². The summed E-state index contributed by atoms with van der Waals surface area (Å²) in [5, 5.41) is 16.2. The van der Waals surface area contributed by atoms with E-state index in [-0.39, 0.29) is 5.57 Å². The van der Waals surface area contributed by atoms with Crippen LogP contribution in [-0.4, -0.2) is 22.2 Å². The minimum atomic E-state index is -0.935. The van der Waals surface area contributed by atoms with Crippen LogP contribution in [0.1, 0.15) is 38.7 Å². The molecule has 0 unspecified atom stereocenters. The van der Waals surface area contributed by atoms with E-state index in [1.54, 1.807) is 0 Å². The Labute approximate surface area is 138 Å². The number of aliphatic carboxylic acids is 2. The van der Waals surface area contributed by atoms with Gasteiger partial charge in [0, 0.05) is 11.1 Å². The molecule has 0 aliphatic heterocycles. The van der Waals surface area contributed by atoms with Gasteiger partial charge >= 0.3 is 11.9 Å². The molecule has 0 saturated carbocycles. The van der Waals surface area contributed by atoms with Gasteiger partial charge in [-0.15, -0.1) is 0 Å². The van der Waals surface area contributed by atoms with Gasteiger partial charge in [-0.1, -0.05) is 69.5 Å². The van der Waals surface area contributed by atoms with Crippen molar-refractivity contribution < 1.29 is 19.8 Å². The largest absolute Gasteiger partial charge is 0.478 e. The number of carbonyl (C=O) groups is 2. The highest BCUT2D eigenvalue weighted by Gasteiger charge is 2.00. The van der Waals surface area contributed by atoms with Crippen molar-refractivity contribution in [3.05, 3.63) is 66.8 Å². The summed E-state index contributed by atoms with van der Waals surface area (Å²) in [5.74, 6) is -1.81. The first-order chi connectivity index (χ1) is 10.8. The van der Waals surface area contributed by atoms with Gasteiger partial charge in [-0.25, -0.2) is 9.59 Å². The van der Waals surface area contributed by atoms with Crippen molar-refractivity contribution in [3.63, 3.8) is 0 Å². The Hall–Kier alpha value is -2.62. The maximum absolute atomic E-state index is 10.1. The highest BCUT2D eigenvalue weighted by atomic mass is 16.4. The molecule has 0 saturated heterocycles. The van der Waals surface area contributed by atoms with Gasteiger partial charge in [0.05, 0.1) is 0 Å². The van der Waals surface area contributed by atoms with Crippen LogP contribution in [0, 0.1) is 0 Å². The molecule has 1 rings (SSSR count). The molecule has 1 aromatic carbocycles. The van der Waals surface area contributed by atoms with E-state index in [1.807, 2.05) is 43.3 Å². The Morgan fingerprint density at radius 1 is 1.09 bits per heavy atom. The molecule has 0 fully saturated rings. The molecule has 4 nitrogen and oxygen atoms in total. The summed E-state index contributed by atoms with van der Waals surface area (Å²) in [5.41, 5.74) is 1.67. The monoisotopic (exact) mass is 318 g/mol. The normalized spacial score (nSPS) is 8.43. The Bertz CT molecular complexity index is 503. The lowest BCUT2D eigenvalue weighted by atomic mass is 10.1. The Balaban J connectivity index is 0. The number of carboxylic acid groups (broad SMARTS) is 2. The molecule has 1 aromatic rings. The molecule has 2 N–H and O–H groups in total. The van der Waals surface area contributed by atoms with Crippen molar-refractivity contribution in [3.8, 4) is 0 Å². The summed E-state index contributed by atoms with van der Waals surface area (Å²) < 4.78 is 0. The van der Waals surface area contributed by atoms with Crippen LogP contribution in [0.5, 0.6) is 0 Å². The molecule has 0 aliphatic rings. The SMILES string of the molecule is C=C(C)C(=O)O.C=C(CCCC)C(=O)O.C=Cc1ccccc1. The average molecular weight is 318 g/mol. The zero-order valence-electron chi connectivity index (χ0n) is 13.9. The zero-order valence-corrected chi connectivity index (χ0v) is 13.9. The predicted octanol–water partition coefficient (Wildman–Crippen LogP) is 4.79. The van der Waals surface area contributed by atoms with Crippen LogP contribution < -0.4 is 0 Å². The Morgan fingerprint density at radius 2 is 1.57 bits per heavy atom. The standard InChI is InChI=1S/C8H8.C7H12O2.C4H6O2/c1-2-8-6-4-3-5-7-8;1-3-4-5-6(2)7(8)9;1-3(2)4(5)6/h2-7H,1H2;2-5H2,1H3,(H,8,9);1H2,2H3,(H,5,6). The lowest BCUT2D eigenvalue weighted by Crippen LogP contribution is -1.97. The summed E-state index contributed by atoms with van der Waals surface area (Å²) in [7, 11) is 0. The second kappa shape index (κ2) is 14.3. The summed E-state index contributed by atoms with van der Waals surface area (Å²) in [4.78, 5) is 19.7. The van der Waals surface area contributed by atoms with Crippen LogP contribution in [0.25, 0.3) is 6.08 Å². The second-order valence-corrected chi connectivity index (χ2v) is 4.71. The van der Waals surface area contributed by atoms with Crippen molar-refractivity contribution >= 4 is 18.0 Å². The summed E-state index contributed by atoms with van der Waals surface area (Å²) in [6, 6.07) is 10.0. The Morgan fingerprint density at radius 3 is 1.83 bits per heavy atom. The summed E-state index contributed by atoms with van der Waals surface area (Å²) in [6.07, 6.45) is 4.39. The minimum absolute atomic E-state index is 0.176. The van der Waals surface area contributed by atoms with Crippen LogP contribution in [0.4, 0.5) is 0 Å². The van der Waals surface area contributed by atoms with Gasteiger partial charge in [0.15, 0.2) is 0 Å². The lowest BCUT2D eigenvalue weighted by Gasteiger charge is -1.95. The van der Waals surface area contributed by atoms with Gasteiger partial charge in [-0.2, -0.15) is 0 Å². The minimum Gasteiger partial charge on any atom is -0.478 e. The van der Waals surface area contributed by atoms with E-state index in [9.17, 15) is 9.59 Å². The lowest BCUT2D eigenvalue weighted by molar-refractivity contribution is -0.133. The summed E-state index contributed by atoms with van der Waals surface area (Å²) in [6.45, 7) is 13.6. The van der Waals surface area contributed by atoms with Crippen LogP contribution >= 0.6 is 0 Å². The third-order valence-corrected chi connectivity index (χ3v) is 2.53. The number of hydrogen-bond acceptors (Lipinski definition) is 2. The third kappa shape index (κ3) is 15.6. The van der Waals surface area contributed by atoms with Gasteiger partial charge in [-0.05, 0) is 25.3 Å². The first-order valence-corrected chi connectivity index (χ1v) is 7.23. The number of carboxylic acids is 2.